The van der Waals surface area contributed by atoms with Crippen molar-refractivity contribution in [3.63, 3.8) is 0 Å². The Labute approximate surface area is 156 Å². The van der Waals surface area contributed by atoms with Crippen LogP contribution in [0.4, 0.5) is 5.69 Å². The fraction of sp³-hybridized carbons (Fsp3) is 0.412. The summed E-state index contributed by atoms with van der Waals surface area (Å²) in [5.41, 5.74) is 0.659. The van der Waals surface area contributed by atoms with Gasteiger partial charge < -0.3 is 0 Å². The van der Waals surface area contributed by atoms with E-state index in [4.69, 9.17) is 0 Å². The number of thiophene rings is 1. The average molecular weight is 396 g/mol. The van der Waals surface area contributed by atoms with Crippen LogP contribution in [0.1, 0.15) is 30.9 Å². The van der Waals surface area contributed by atoms with Crippen molar-refractivity contribution < 1.29 is 13.3 Å². The highest BCUT2D eigenvalue weighted by atomic mass is 32.2. The molecule has 0 radical (unpaired) electrons. The number of likely N-dealkylation sites (tertiary alicyclic amines) is 1. The van der Waals surface area contributed by atoms with E-state index < -0.39 is 20.6 Å². The highest BCUT2D eigenvalue weighted by Crippen LogP contribution is 2.27. The molecule has 0 aliphatic carbocycles. The molecular formula is C17H21N3O4S2. The lowest BCUT2D eigenvalue weighted by molar-refractivity contribution is -0.387. The summed E-state index contributed by atoms with van der Waals surface area (Å²) < 4.78 is 28.0. The van der Waals surface area contributed by atoms with Gasteiger partial charge in [-0.1, -0.05) is 18.6 Å². The Hall–Kier alpha value is -1.81. The fourth-order valence-corrected chi connectivity index (χ4v) is 5.17. The second-order valence-electron chi connectivity index (χ2n) is 6.25. The van der Waals surface area contributed by atoms with Crippen LogP contribution in [0, 0.1) is 10.1 Å². The molecule has 26 heavy (non-hydrogen) atoms. The zero-order chi connectivity index (χ0) is 18.6. The summed E-state index contributed by atoms with van der Waals surface area (Å²) >= 11 is 1.57. The highest BCUT2D eigenvalue weighted by molar-refractivity contribution is 7.89. The van der Waals surface area contributed by atoms with Crippen molar-refractivity contribution >= 4 is 27.0 Å². The zero-order valence-corrected chi connectivity index (χ0v) is 15.8. The molecule has 1 aliphatic heterocycles. The molecule has 3 rings (SSSR count). The number of sulfonamides is 1. The monoisotopic (exact) mass is 395 g/mol. The normalized spacial score (nSPS) is 17.1. The van der Waals surface area contributed by atoms with Gasteiger partial charge in [0, 0.05) is 18.7 Å². The van der Waals surface area contributed by atoms with Crippen molar-refractivity contribution in [1.29, 1.82) is 0 Å². The van der Waals surface area contributed by atoms with Crippen molar-refractivity contribution in [2.24, 2.45) is 0 Å². The molecule has 140 valence electrons. The first-order chi connectivity index (χ1) is 12.5. The van der Waals surface area contributed by atoms with Gasteiger partial charge in [0.15, 0.2) is 4.90 Å². The summed E-state index contributed by atoms with van der Waals surface area (Å²) in [4.78, 5) is 12.5. The maximum Gasteiger partial charge on any atom is 0.289 e. The first kappa shape index (κ1) is 19.0. The van der Waals surface area contributed by atoms with Gasteiger partial charge in [0.2, 0.25) is 10.0 Å². The maximum atomic E-state index is 12.7. The second kappa shape index (κ2) is 8.26. The van der Waals surface area contributed by atoms with Gasteiger partial charge in [-0.3, -0.25) is 15.0 Å². The summed E-state index contributed by atoms with van der Waals surface area (Å²) in [6.45, 7) is 2.03. The van der Waals surface area contributed by atoms with Crippen LogP contribution in [0.25, 0.3) is 0 Å². The standard InChI is InChI=1S/C17H21N3O4S2/c21-20(22)15-6-2-3-7-17(15)26(23,24)18-12-16(14-8-11-25-13-14)19-9-4-1-5-10-19/h2-3,6-8,11,13,16,18H,1,4-5,9-10,12H2. The predicted octanol–water partition coefficient (Wildman–Crippen LogP) is 3.16. The molecule has 2 aromatic rings. The van der Waals surface area contributed by atoms with Crippen molar-refractivity contribution in [2.45, 2.75) is 30.2 Å². The van der Waals surface area contributed by atoms with E-state index >= 15 is 0 Å². The average Bonchev–Trinajstić information content (AvgIpc) is 3.17. The number of nitrogens with one attached hydrogen (secondary N) is 1. The fourth-order valence-electron chi connectivity index (χ4n) is 3.25. The highest BCUT2D eigenvalue weighted by Gasteiger charge is 2.28. The summed E-state index contributed by atoms with van der Waals surface area (Å²) in [6, 6.07) is 7.35. The molecule has 2 heterocycles. The van der Waals surface area contributed by atoms with Crippen LogP contribution in [-0.4, -0.2) is 37.9 Å². The molecule has 1 fully saturated rings. The van der Waals surface area contributed by atoms with E-state index in [0.29, 0.717) is 0 Å². The Balaban J connectivity index is 1.81. The molecule has 1 atom stereocenters. The van der Waals surface area contributed by atoms with E-state index in [9.17, 15) is 18.5 Å². The van der Waals surface area contributed by atoms with Gasteiger partial charge in [0.05, 0.1) is 4.92 Å². The molecule has 1 aliphatic rings. The number of nitrogens with zero attached hydrogens (tertiary/aromatic N) is 2. The van der Waals surface area contributed by atoms with Crippen molar-refractivity contribution in [1.82, 2.24) is 9.62 Å². The molecule has 7 nitrogen and oxygen atoms in total. The third kappa shape index (κ3) is 4.29. The number of hydrogen-bond donors (Lipinski definition) is 1. The smallest absolute Gasteiger partial charge is 0.289 e. The minimum absolute atomic E-state index is 0.0703. The molecule has 0 spiro atoms. The predicted molar refractivity (Wildman–Crippen MR) is 101 cm³/mol. The van der Waals surface area contributed by atoms with E-state index in [1.807, 2.05) is 16.8 Å². The van der Waals surface area contributed by atoms with Crippen LogP contribution in [0.5, 0.6) is 0 Å². The molecule has 0 bridgehead atoms. The summed E-state index contributed by atoms with van der Waals surface area (Å²) in [5, 5.41) is 15.1. The van der Waals surface area contributed by atoms with E-state index in [1.54, 1.807) is 11.3 Å². The zero-order valence-electron chi connectivity index (χ0n) is 14.2. The third-order valence-electron chi connectivity index (χ3n) is 4.58. The van der Waals surface area contributed by atoms with Gasteiger partial charge >= 0.3 is 0 Å². The van der Waals surface area contributed by atoms with Crippen molar-refractivity contribution in [3.8, 4) is 0 Å². The Kier molecular flexibility index (Phi) is 6.02. The number of nitro benzene ring substituents is 1. The van der Waals surface area contributed by atoms with Gasteiger partial charge in [0.1, 0.15) is 0 Å². The first-order valence-corrected chi connectivity index (χ1v) is 10.9. The lowest BCUT2D eigenvalue weighted by Gasteiger charge is -2.34. The molecule has 9 heteroatoms. The molecule has 1 saturated heterocycles. The van der Waals surface area contributed by atoms with E-state index in [2.05, 4.69) is 9.62 Å². The molecule has 1 aromatic heterocycles. The van der Waals surface area contributed by atoms with Crippen LogP contribution in [0.2, 0.25) is 0 Å². The summed E-state index contributed by atoms with van der Waals surface area (Å²) in [6.07, 6.45) is 3.38. The van der Waals surface area contributed by atoms with Crippen LogP contribution in [-0.2, 0) is 10.0 Å². The Morgan fingerprint density at radius 1 is 1.19 bits per heavy atom. The van der Waals surface area contributed by atoms with Crippen molar-refractivity contribution in [2.75, 3.05) is 19.6 Å². The molecule has 0 saturated carbocycles. The second-order valence-corrected chi connectivity index (χ2v) is 8.76. The lowest BCUT2D eigenvalue weighted by atomic mass is 10.0. The number of nitro groups is 1. The molecule has 1 N–H and O–H groups in total. The van der Waals surface area contributed by atoms with Crippen LogP contribution < -0.4 is 4.72 Å². The van der Waals surface area contributed by atoms with E-state index in [-0.39, 0.29) is 17.5 Å². The molecule has 0 amide bonds. The van der Waals surface area contributed by atoms with Gasteiger partial charge in [-0.05, 0) is 54.4 Å². The van der Waals surface area contributed by atoms with Crippen LogP contribution in [0.15, 0.2) is 46.0 Å². The molecular weight excluding hydrogens is 374 g/mol. The summed E-state index contributed by atoms with van der Waals surface area (Å²) in [7, 11) is -3.98. The summed E-state index contributed by atoms with van der Waals surface area (Å²) in [5.74, 6) is 0. The van der Waals surface area contributed by atoms with Gasteiger partial charge in [-0.2, -0.15) is 11.3 Å². The molecule has 1 unspecified atom stereocenters. The van der Waals surface area contributed by atoms with Gasteiger partial charge in [0.25, 0.3) is 5.69 Å². The largest absolute Gasteiger partial charge is 0.295 e. The Morgan fingerprint density at radius 3 is 2.58 bits per heavy atom. The van der Waals surface area contributed by atoms with Crippen molar-refractivity contribution in [3.05, 3.63) is 56.8 Å². The minimum atomic E-state index is -3.98. The van der Waals surface area contributed by atoms with E-state index in [0.717, 1.165) is 31.5 Å². The molecule has 1 aromatic carbocycles. The maximum absolute atomic E-state index is 12.7. The lowest BCUT2D eigenvalue weighted by Crippen LogP contribution is -2.40. The number of piperidine rings is 1. The topological polar surface area (TPSA) is 92.5 Å². The SMILES string of the molecule is O=[N+]([O-])c1ccccc1S(=O)(=O)NCC(c1ccsc1)N1CCCCC1. The number of hydrogen-bond acceptors (Lipinski definition) is 6. The van der Waals surface area contributed by atoms with Crippen LogP contribution >= 0.6 is 11.3 Å². The first-order valence-electron chi connectivity index (χ1n) is 8.48. The Bertz CT molecular complexity index is 847. The number of para-hydroxylation sites is 1. The number of rotatable bonds is 7. The Morgan fingerprint density at radius 2 is 1.92 bits per heavy atom. The van der Waals surface area contributed by atoms with E-state index in [1.165, 1.54) is 30.7 Å². The quantitative estimate of drug-likeness (QED) is 0.574. The minimum Gasteiger partial charge on any atom is -0.295 e. The third-order valence-corrected chi connectivity index (χ3v) is 6.75. The van der Waals surface area contributed by atoms with Crippen LogP contribution in [0.3, 0.4) is 0 Å². The number of benzene rings is 1. The van der Waals surface area contributed by atoms with Gasteiger partial charge in [-0.15, -0.1) is 0 Å². The van der Waals surface area contributed by atoms with Gasteiger partial charge in [-0.25, -0.2) is 13.1 Å².